The molecule has 1 saturated carbocycles. The molecule has 140 valence electrons. The highest BCUT2D eigenvalue weighted by atomic mass is 19.1. The maximum absolute atomic E-state index is 13.1. The zero-order valence-corrected chi connectivity index (χ0v) is 15.2. The molecular weight excluding hydrogens is 343 g/mol. The van der Waals surface area contributed by atoms with Gasteiger partial charge in [-0.15, -0.1) is 0 Å². The van der Waals surface area contributed by atoms with Gasteiger partial charge in [0.2, 0.25) is 0 Å². The number of fused-ring (bicyclic) bond motifs is 3. The molecular formula is C21H23FN4O. The summed E-state index contributed by atoms with van der Waals surface area (Å²) in [6.45, 7) is 3.68. The van der Waals surface area contributed by atoms with Crippen molar-refractivity contribution in [3.8, 4) is 0 Å². The Balaban J connectivity index is 1.26. The minimum atomic E-state index is -0.192. The van der Waals surface area contributed by atoms with Crippen molar-refractivity contribution in [1.29, 1.82) is 0 Å². The molecule has 2 aliphatic heterocycles. The van der Waals surface area contributed by atoms with Crippen LogP contribution in [0.5, 0.6) is 0 Å². The molecule has 27 heavy (non-hydrogen) atoms. The molecule has 3 aliphatic rings. The zero-order valence-electron chi connectivity index (χ0n) is 15.2. The number of rotatable bonds is 4. The second kappa shape index (κ2) is 6.60. The van der Waals surface area contributed by atoms with E-state index in [1.807, 2.05) is 18.2 Å². The second-order valence-electron chi connectivity index (χ2n) is 7.87. The molecule has 5 rings (SSSR count). The minimum Gasteiger partial charge on any atom is -0.350 e. The molecule has 1 N–H and O–H groups in total. The van der Waals surface area contributed by atoms with Crippen LogP contribution in [0.3, 0.4) is 0 Å². The van der Waals surface area contributed by atoms with Gasteiger partial charge in [-0.25, -0.2) is 9.37 Å². The summed E-state index contributed by atoms with van der Waals surface area (Å²) >= 11 is 0. The molecule has 1 unspecified atom stereocenters. The Morgan fingerprint density at radius 3 is 2.81 bits per heavy atom. The molecule has 1 aliphatic carbocycles. The molecule has 3 heterocycles. The number of pyridine rings is 1. The van der Waals surface area contributed by atoms with Crippen LogP contribution in [0, 0.1) is 5.82 Å². The standard InChI is InChI=1S/C21H23FN4O/c22-17-3-1-14(2-4-17)12-25-7-8-26-19(13-25)10-15-9-16(11-23-20(15)26)21(27)24-18-5-6-18/h1-4,9,11,18-19H,5-8,10,12-13H2,(H,24,27). The van der Waals surface area contributed by atoms with E-state index in [9.17, 15) is 9.18 Å². The molecule has 1 amide bonds. The molecule has 6 heteroatoms. The Morgan fingerprint density at radius 2 is 2.04 bits per heavy atom. The highest BCUT2D eigenvalue weighted by Crippen LogP contribution is 2.33. The maximum atomic E-state index is 13.1. The molecule has 1 atom stereocenters. The number of carbonyl (C=O) groups excluding carboxylic acids is 1. The predicted molar refractivity (Wildman–Crippen MR) is 101 cm³/mol. The third-order valence-electron chi connectivity index (χ3n) is 5.73. The first-order chi connectivity index (χ1) is 13.2. The van der Waals surface area contributed by atoms with Crippen LogP contribution >= 0.6 is 0 Å². The molecule has 2 fully saturated rings. The number of carbonyl (C=O) groups is 1. The summed E-state index contributed by atoms with van der Waals surface area (Å²) in [6.07, 6.45) is 4.81. The quantitative estimate of drug-likeness (QED) is 0.903. The van der Waals surface area contributed by atoms with Crippen molar-refractivity contribution in [2.45, 2.75) is 37.9 Å². The fraction of sp³-hybridized carbons (Fsp3) is 0.429. The van der Waals surface area contributed by atoms with Crippen molar-refractivity contribution in [3.05, 3.63) is 59.0 Å². The van der Waals surface area contributed by atoms with E-state index in [4.69, 9.17) is 0 Å². The molecule has 5 nitrogen and oxygen atoms in total. The van der Waals surface area contributed by atoms with Gasteiger partial charge in [0.05, 0.1) is 5.56 Å². The average molecular weight is 366 g/mol. The van der Waals surface area contributed by atoms with Crippen LogP contribution in [0.2, 0.25) is 0 Å². The normalized spacial score (nSPS) is 21.7. The Labute approximate surface area is 158 Å². The van der Waals surface area contributed by atoms with Gasteiger partial charge in [-0.1, -0.05) is 12.1 Å². The van der Waals surface area contributed by atoms with Gasteiger partial charge in [-0.05, 0) is 48.6 Å². The van der Waals surface area contributed by atoms with Crippen LogP contribution in [0.1, 0.15) is 34.3 Å². The summed E-state index contributed by atoms with van der Waals surface area (Å²) in [6, 6.07) is 9.53. The van der Waals surface area contributed by atoms with Gasteiger partial charge < -0.3 is 10.2 Å². The van der Waals surface area contributed by atoms with E-state index in [0.29, 0.717) is 17.6 Å². The van der Waals surface area contributed by atoms with Gasteiger partial charge in [0.1, 0.15) is 11.6 Å². The van der Waals surface area contributed by atoms with Crippen molar-refractivity contribution < 1.29 is 9.18 Å². The summed E-state index contributed by atoms with van der Waals surface area (Å²) in [5, 5.41) is 3.03. The van der Waals surface area contributed by atoms with E-state index >= 15 is 0 Å². The molecule has 1 saturated heterocycles. The van der Waals surface area contributed by atoms with Gasteiger partial charge in [-0.2, -0.15) is 0 Å². The van der Waals surface area contributed by atoms with Gasteiger partial charge in [-0.3, -0.25) is 9.69 Å². The Hall–Kier alpha value is -2.47. The monoisotopic (exact) mass is 366 g/mol. The Morgan fingerprint density at radius 1 is 1.22 bits per heavy atom. The maximum Gasteiger partial charge on any atom is 0.253 e. The average Bonchev–Trinajstić information content (AvgIpc) is 3.41. The van der Waals surface area contributed by atoms with Crippen LogP contribution in [-0.2, 0) is 13.0 Å². The molecule has 2 aromatic rings. The molecule has 0 bridgehead atoms. The summed E-state index contributed by atoms with van der Waals surface area (Å²) in [5.74, 6) is 0.836. The number of aromatic nitrogens is 1. The van der Waals surface area contributed by atoms with Crippen LogP contribution in [0.4, 0.5) is 10.2 Å². The van der Waals surface area contributed by atoms with Crippen molar-refractivity contribution in [2.75, 3.05) is 24.5 Å². The number of anilines is 1. The fourth-order valence-corrected chi connectivity index (χ4v) is 4.15. The van der Waals surface area contributed by atoms with Gasteiger partial charge >= 0.3 is 0 Å². The van der Waals surface area contributed by atoms with Gasteiger partial charge in [0, 0.05) is 44.5 Å². The number of hydrogen-bond acceptors (Lipinski definition) is 4. The first-order valence-corrected chi connectivity index (χ1v) is 9.69. The smallest absolute Gasteiger partial charge is 0.253 e. The lowest BCUT2D eigenvalue weighted by Gasteiger charge is -2.38. The molecule has 1 aromatic carbocycles. The lowest BCUT2D eigenvalue weighted by molar-refractivity contribution is 0.0950. The lowest BCUT2D eigenvalue weighted by Crippen LogP contribution is -2.51. The lowest BCUT2D eigenvalue weighted by atomic mass is 10.1. The molecule has 1 aromatic heterocycles. The van der Waals surface area contributed by atoms with E-state index in [-0.39, 0.29) is 11.7 Å². The number of nitrogens with zero attached hydrogens (tertiary/aromatic N) is 3. The van der Waals surface area contributed by atoms with Crippen molar-refractivity contribution in [2.24, 2.45) is 0 Å². The summed E-state index contributed by atoms with van der Waals surface area (Å²) < 4.78 is 13.1. The highest BCUT2D eigenvalue weighted by molar-refractivity contribution is 5.94. The summed E-state index contributed by atoms with van der Waals surface area (Å²) in [5.41, 5.74) is 2.98. The summed E-state index contributed by atoms with van der Waals surface area (Å²) in [7, 11) is 0. The van der Waals surface area contributed by atoms with Crippen LogP contribution in [-0.4, -0.2) is 47.5 Å². The van der Waals surface area contributed by atoms with Crippen molar-refractivity contribution >= 4 is 11.7 Å². The number of nitrogens with one attached hydrogen (secondary N) is 1. The van der Waals surface area contributed by atoms with Crippen molar-refractivity contribution in [3.63, 3.8) is 0 Å². The highest BCUT2D eigenvalue weighted by Gasteiger charge is 2.35. The number of halogens is 1. The number of benzene rings is 1. The third-order valence-corrected chi connectivity index (χ3v) is 5.73. The predicted octanol–water partition coefficient (Wildman–Crippen LogP) is 2.36. The Kier molecular flexibility index (Phi) is 4.08. The third kappa shape index (κ3) is 3.41. The molecule has 0 radical (unpaired) electrons. The first kappa shape index (κ1) is 16.7. The van der Waals surface area contributed by atoms with Crippen LogP contribution < -0.4 is 10.2 Å². The number of hydrogen-bond donors (Lipinski definition) is 1. The van der Waals surface area contributed by atoms with E-state index in [0.717, 1.165) is 56.8 Å². The van der Waals surface area contributed by atoms with E-state index in [1.165, 1.54) is 17.7 Å². The second-order valence-corrected chi connectivity index (χ2v) is 7.87. The van der Waals surface area contributed by atoms with E-state index < -0.39 is 0 Å². The van der Waals surface area contributed by atoms with E-state index in [1.54, 1.807) is 6.20 Å². The molecule has 0 spiro atoms. The number of amides is 1. The van der Waals surface area contributed by atoms with Crippen LogP contribution in [0.25, 0.3) is 0 Å². The van der Waals surface area contributed by atoms with Gasteiger partial charge in [0.15, 0.2) is 0 Å². The first-order valence-electron chi connectivity index (χ1n) is 9.69. The Bertz CT molecular complexity index is 865. The van der Waals surface area contributed by atoms with Crippen LogP contribution in [0.15, 0.2) is 36.5 Å². The fourth-order valence-electron chi connectivity index (χ4n) is 4.15. The minimum absolute atomic E-state index is 0.00407. The largest absolute Gasteiger partial charge is 0.350 e. The van der Waals surface area contributed by atoms with Gasteiger partial charge in [0.25, 0.3) is 5.91 Å². The number of piperazine rings is 1. The topological polar surface area (TPSA) is 48.5 Å². The van der Waals surface area contributed by atoms with Crippen molar-refractivity contribution in [1.82, 2.24) is 15.2 Å². The summed E-state index contributed by atoms with van der Waals surface area (Å²) in [4.78, 5) is 21.7. The SMILES string of the molecule is O=C(NC1CC1)c1cnc2c(c1)CC1CN(Cc3ccc(F)cc3)CCN21. The van der Waals surface area contributed by atoms with E-state index in [2.05, 4.69) is 20.1 Å². The zero-order chi connectivity index (χ0) is 18.4.